The molecule has 0 saturated carbocycles. The maximum atomic E-state index is 5.57. The second kappa shape index (κ2) is 6.89. The standard InChI is InChI=1S/C8H18ClNO/c1-7(4-5-9)10-6-8(2)11-3/h7-8,10H,4-6H2,1-3H3. The van der Waals surface area contributed by atoms with Crippen molar-refractivity contribution in [1.29, 1.82) is 0 Å². The average Bonchev–Trinajstić information content (AvgIpc) is 2.01. The fourth-order valence-corrected chi connectivity index (χ4v) is 1.04. The molecule has 0 rings (SSSR count). The van der Waals surface area contributed by atoms with E-state index in [0.29, 0.717) is 6.04 Å². The highest BCUT2D eigenvalue weighted by Crippen LogP contribution is 1.93. The lowest BCUT2D eigenvalue weighted by Crippen LogP contribution is -2.33. The molecule has 0 radical (unpaired) electrons. The maximum absolute atomic E-state index is 5.57. The zero-order chi connectivity index (χ0) is 8.69. The van der Waals surface area contributed by atoms with Gasteiger partial charge in [-0.15, -0.1) is 11.6 Å². The molecule has 68 valence electrons. The van der Waals surface area contributed by atoms with Gasteiger partial charge in [-0.25, -0.2) is 0 Å². The Morgan fingerprint density at radius 3 is 2.55 bits per heavy atom. The van der Waals surface area contributed by atoms with Crippen LogP contribution in [0.2, 0.25) is 0 Å². The summed E-state index contributed by atoms with van der Waals surface area (Å²) in [7, 11) is 1.72. The first-order chi connectivity index (χ1) is 5.20. The number of halogens is 1. The summed E-state index contributed by atoms with van der Waals surface area (Å²) in [6.45, 7) is 5.07. The number of hydrogen-bond acceptors (Lipinski definition) is 2. The molecule has 2 atom stereocenters. The van der Waals surface area contributed by atoms with Crippen LogP contribution < -0.4 is 5.32 Å². The summed E-state index contributed by atoms with van der Waals surface area (Å²) in [6.07, 6.45) is 1.30. The lowest BCUT2D eigenvalue weighted by molar-refractivity contribution is 0.114. The minimum absolute atomic E-state index is 0.285. The third kappa shape index (κ3) is 6.60. The average molecular weight is 180 g/mol. The van der Waals surface area contributed by atoms with E-state index in [1.54, 1.807) is 7.11 Å². The lowest BCUT2D eigenvalue weighted by atomic mass is 10.2. The van der Waals surface area contributed by atoms with E-state index in [4.69, 9.17) is 16.3 Å². The van der Waals surface area contributed by atoms with E-state index in [2.05, 4.69) is 12.2 Å². The summed E-state index contributed by atoms with van der Waals surface area (Å²) in [6, 6.07) is 0.491. The number of methoxy groups -OCH3 is 1. The lowest BCUT2D eigenvalue weighted by Gasteiger charge is -2.15. The van der Waals surface area contributed by atoms with Gasteiger partial charge in [0.25, 0.3) is 0 Å². The van der Waals surface area contributed by atoms with Crippen LogP contribution in [0.1, 0.15) is 20.3 Å². The Kier molecular flexibility index (Phi) is 7.02. The molecule has 0 aliphatic rings. The molecule has 2 unspecified atom stereocenters. The maximum Gasteiger partial charge on any atom is 0.0667 e. The zero-order valence-corrected chi connectivity index (χ0v) is 8.32. The van der Waals surface area contributed by atoms with Gasteiger partial charge in [0.1, 0.15) is 0 Å². The molecule has 0 aliphatic carbocycles. The Balaban J connectivity index is 3.22. The van der Waals surface area contributed by atoms with Crippen molar-refractivity contribution in [2.75, 3.05) is 19.5 Å². The predicted octanol–water partition coefficient (Wildman–Crippen LogP) is 1.63. The minimum Gasteiger partial charge on any atom is -0.380 e. The third-order valence-corrected chi connectivity index (χ3v) is 1.92. The van der Waals surface area contributed by atoms with Crippen molar-refractivity contribution in [2.24, 2.45) is 0 Å². The summed E-state index contributed by atoms with van der Waals surface area (Å²) in [4.78, 5) is 0. The van der Waals surface area contributed by atoms with E-state index < -0.39 is 0 Å². The number of hydrogen-bond donors (Lipinski definition) is 1. The molecule has 0 fully saturated rings. The van der Waals surface area contributed by atoms with E-state index in [9.17, 15) is 0 Å². The molecule has 0 aliphatic heterocycles. The molecule has 0 amide bonds. The molecule has 1 N–H and O–H groups in total. The van der Waals surface area contributed by atoms with Gasteiger partial charge in [-0.2, -0.15) is 0 Å². The SMILES string of the molecule is COC(C)CNC(C)CCCl. The first kappa shape index (κ1) is 11.2. The second-order valence-corrected chi connectivity index (χ2v) is 3.21. The van der Waals surface area contributed by atoms with Crippen LogP contribution >= 0.6 is 11.6 Å². The van der Waals surface area contributed by atoms with Gasteiger partial charge >= 0.3 is 0 Å². The number of alkyl halides is 1. The van der Waals surface area contributed by atoms with Gasteiger partial charge in [0.05, 0.1) is 6.10 Å². The Morgan fingerprint density at radius 1 is 1.45 bits per heavy atom. The zero-order valence-electron chi connectivity index (χ0n) is 7.56. The van der Waals surface area contributed by atoms with Crippen LogP contribution in [0.25, 0.3) is 0 Å². The molecule has 0 aromatic carbocycles. The normalized spacial score (nSPS) is 16.4. The molecular formula is C8H18ClNO. The van der Waals surface area contributed by atoms with Crippen molar-refractivity contribution < 1.29 is 4.74 Å². The van der Waals surface area contributed by atoms with Gasteiger partial charge in [-0.1, -0.05) is 0 Å². The fraction of sp³-hybridized carbons (Fsp3) is 1.00. The monoisotopic (exact) mass is 179 g/mol. The van der Waals surface area contributed by atoms with E-state index in [1.807, 2.05) is 6.92 Å². The smallest absolute Gasteiger partial charge is 0.0667 e. The van der Waals surface area contributed by atoms with Crippen molar-refractivity contribution in [3.63, 3.8) is 0 Å². The van der Waals surface area contributed by atoms with E-state index in [1.165, 1.54) is 0 Å². The highest BCUT2D eigenvalue weighted by molar-refractivity contribution is 6.17. The van der Waals surface area contributed by atoms with Crippen molar-refractivity contribution >= 4 is 11.6 Å². The Morgan fingerprint density at radius 2 is 2.09 bits per heavy atom. The molecule has 0 spiro atoms. The quantitative estimate of drug-likeness (QED) is 0.626. The number of nitrogens with one attached hydrogen (secondary N) is 1. The molecule has 0 heterocycles. The van der Waals surface area contributed by atoms with Crippen LogP contribution in [0.4, 0.5) is 0 Å². The van der Waals surface area contributed by atoms with Gasteiger partial charge in [0.15, 0.2) is 0 Å². The molecular weight excluding hydrogens is 162 g/mol. The Labute approximate surface area is 74.3 Å². The van der Waals surface area contributed by atoms with Crippen molar-refractivity contribution in [2.45, 2.75) is 32.4 Å². The highest BCUT2D eigenvalue weighted by Gasteiger charge is 2.02. The summed E-state index contributed by atoms with van der Waals surface area (Å²) in [5.41, 5.74) is 0. The predicted molar refractivity (Wildman–Crippen MR) is 49.3 cm³/mol. The molecule has 2 nitrogen and oxygen atoms in total. The van der Waals surface area contributed by atoms with E-state index >= 15 is 0 Å². The number of ether oxygens (including phenoxy) is 1. The van der Waals surface area contributed by atoms with E-state index in [0.717, 1.165) is 18.8 Å². The Bertz CT molecular complexity index is 90.2. The van der Waals surface area contributed by atoms with Crippen molar-refractivity contribution in [3.8, 4) is 0 Å². The van der Waals surface area contributed by atoms with Gasteiger partial charge in [0, 0.05) is 25.6 Å². The fourth-order valence-electron chi connectivity index (χ4n) is 0.716. The number of rotatable bonds is 6. The van der Waals surface area contributed by atoms with Gasteiger partial charge in [-0.3, -0.25) is 0 Å². The second-order valence-electron chi connectivity index (χ2n) is 2.83. The Hall–Kier alpha value is 0.210. The molecule has 0 aromatic rings. The largest absolute Gasteiger partial charge is 0.380 e. The van der Waals surface area contributed by atoms with E-state index in [-0.39, 0.29) is 6.10 Å². The minimum atomic E-state index is 0.285. The van der Waals surface area contributed by atoms with Crippen molar-refractivity contribution in [3.05, 3.63) is 0 Å². The summed E-state index contributed by atoms with van der Waals surface area (Å²) in [5.74, 6) is 0.718. The molecule has 3 heteroatoms. The van der Waals surface area contributed by atoms with Gasteiger partial charge in [-0.05, 0) is 20.3 Å². The van der Waals surface area contributed by atoms with Crippen LogP contribution in [-0.2, 0) is 4.74 Å². The van der Waals surface area contributed by atoms with Crippen LogP contribution in [-0.4, -0.2) is 31.7 Å². The topological polar surface area (TPSA) is 21.3 Å². The van der Waals surface area contributed by atoms with Crippen LogP contribution in [0, 0.1) is 0 Å². The molecule has 0 saturated heterocycles. The summed E-state index contributed by atoms with van der Waals surface area (Å²) < 4.78 is 5.08. The summed E-state index contributed by atoms with van der Waals surface area (Å²) >= 11 is 5.57. The summed E-state index contributed by atoms with van der Waals surface area (Å²) in [5, 5.41) is 3.32. The molecule has 0 bridgehead atoms. The van der Waals surface area contributed by atoms with Crippen LogP contribution in [0.3, 0.4) is 0 Å². The van der Waals surface area contributed by atoms with Crippen molar-refractivity contribution in [1.82, 2.24) is 5.32 Å². The first-order valence-corrected chi connectivity index (χ1v) is 4.56. The molecule has 0 aromatic heterocycles. The van der Waals surface area contributed by atoms with Crippen LogP contribution in [0.15, 0.2) is 0 Å². The van der Waals surface area contributed by atoms with Gasteiger partial charge < -0.3 is 10.1 Å². The highest BCUT2D eigenvalue weighted by atomic mass is 35.5. The third-order valence-electron chi connectivity index (χ3n) is 1.70. The van der Waals surface area contributed by atoms with Crippen LogP contribution in [0.5, 0.6) is 0 Å². The first-order valence-electron chi connectivity index (χ1n) is 4.02. The molecule has 11 heavy (non-hydrogen) atoms. The van der Waals surface area contributed by atoms with Gasteiger partial charge in [0.2, 0.25) is 0 Å².